The average molecular weight is 438 g/mol. The Labute approximate surface area is 174 Å². The molecule has 0 bridgehead atoms. The lowest BCUT2D eigenvalue weighted by Crippen LogP contribution is -3.00. The second-order valence-corrected chi connectivity index (χ2v) is 6.80. The molecule has 0 radical (unpaired) electrons. The molecule has 0 spiro atoms. The Morgan fingerprint density at radius 3 is 2.00 bits per heavy atom. The molecule has 1 heterocycles. The summed E-state index contributed by atoms with van der Waals surface area (Å²) in [5, 5.41) is 6.80. The molecule has 0 unspecified atom stereocenters. The zero-order valence-electron chi connectivity index (χ0n) is 14.7. The Balaban J connectivity index is 0.00000210. The highest BCUT2D eigenvalue weighted by atomic mass is 79.9. The molecule has 0 aliphatic rings. The van der Waals surface area contributed by atoms with Crippen molar-refractivity contribution in [2.24, 2.45) is 0 Å². The first-order chi connectivity index (χ1) is 12.9. The van der Waals surface area contributed by atoms with E-state index in [1.165, 1.54) is 11.1 Å². The van der Waals surface area contributed by atoms with Crippen LogP contribution in [0.1, 0.15) is 5.56 Å². The number of hydrogen-bond acceptors (Lipinski definition) is 3. The normalized spacial score (nSPS) is 10.1. The standard InChI is InChI=1S/C22H19N3S.BrH/c1-4-10-18(11-5-1)16-23-22-25(24-20-14-8-3-9-15-20)21(17-26-22)19-12-6-2-7-13-19;/h1-15,17,24H,16H2;1H. The van der Waals surface area contributed by atoms with Gasteiger partial charge in [-0.1, -0.05) is 90.2 Å². The predicted octanol–water partition coefficient (Wildman–Crippen LogP) is 2.19. The molecule has 3 aromatic carbocycles. The minimum atomic E-state index is 0. The predicted molar refractivity (Wildman–Crippen MR) is 109 cm³/mol. The van der Waals surface area contributed by atoms with Crippen molar-refractivity contribution in [3.8, 4) is 11.3 Å². The fraction of sp³-hybridized carbons (Fsp3) is 0.0455. The van der Waals surface area contributed by atoms with Gasteiger partial charge >= 0.3 is 5.13 Å². The number of para-hydroxylation sites is 1. The Kier molecular flexibility index (Phi) is 6.63. The molecule has 0 aliphatic carbocycles. The summed E-state index contributed by atoms with van der Waals surface area (Å²) >= 11 is 1.70. The van der Waals surface area contributed by atoms with Gasteiger partial charge in [0.15, 0.2) is 5.69 Å². The number of hydrogen-bond donors (Lipinski definition) is 2. The third-order valence-corrected chi connectivity index (χ3v) is 4.99. The van der Waals surface area contributed by atoms with E-state index in [1.54, 1.807) is 11.3 Å². The maximum atomic E-state index is 3.56. The van der Waals surface area contributed by atoms with Gasteiger partial charge in [-0.15, -0.1) is 4.68 Å². The summed E-state index contributed by atoms with van der Waals surface area (Å²) in [5.74, 6) is 0. The van der Waals surface area contributed by atoms with Crippen LogP contribution in [-0.2, 0) is 6.54 Å². The molecule has 27 heavy (non-hydrogen) atoms. The topological polar surface area (TPSA) is 27.9 Å². The molecule has 3 nitrogen and oxygen atoms in total. The van der Waals surface area contributed by atoms with E-state index >= 15 is 0 Å². The van der Waals surface area contributed by atoms with Crippen LogP contribution in [0.4, 0.5) is 10.8 Å². The number of halogens is 1. The smallest absolute Gasteiger partial charge is 0.358 e. The molecule has 0 amide bonds. The van der Waals surface area contributed by atoms with Gasteiger partial charge in [-0.2, -0.15) is 0 Å². The van der Waals surface area contributed by atoms with Gasteiger partial charge in [0.2, 0.25) is 0 Å². The van der Waals surface area contributed by atoms with Crippen LogP contribution in [0, 0.1) is 0 Å². The van der Waals surface area contributed by atoms with Gasteiger partial charge in [-0.3, -0.25) is 5.32 Å². The molecule has 5 heteroatoms. The minimum absolute atomic E-state index is 0. The third kappa shape index (κ3) is 4.76. The van der Waals surface area contributed by atoms with Crippen molar-refractivity contribution in [3.05, 3.63) is 102 Å². The zero-order valence-corrected chi connectivity index (χ0v) is 17.1. The lowest BCUT2D eigenvalue weighted by molar-refractivity contribution is -0.612. The maximum absolute atomic E-state index is 3.56. The van der Waals surface area contributed by atoms with Crippen LogP contribution in [0.2, 0.25) is 0 Å². The fourth-order valence-corrected chi connectivity index (χ4v) is 3.65. The maximum Gasteiger partial charge on any atom is 0.358 e. The molecule has 4 rings (SSSR count). The first kappa shape index (κ1) is 19.1. The molecule has 0 fully saturated rings. The van der Waals surface area contributed by atoms with E-state index in [9.17, 15) is 0 Å². The van der Waals surface area contributed by atoms with E-state index in [1.807, 2.05) is 30.3 Å². The van der Waals surface area contributed by atoms with Crippen molar-refractivity contribution < 1.29 is 21.7 Å². The van der Waals surface area contributed by atoms with Crippen LogP contribution in [0.25, 0.3) is 11.3 Å². The molecule has 4 aromatic rings. The van der Waals surface area contributed by atoms with E-state index in [0.717, 1.165) is 23.1 Å². The number of nitrogens with zero attached hydrogens (tertiary/aromatic N) is 1. The van der Waals surface area contributed by atoms with E-state index < -0.39 is 0 Å². The number of aromatic nitrogens is 1. The number of anilines is 2. The highest BCUT2D eigenvalue weighted by Gasteiger charge is 2.19. The van der Waals surface area contributed by atoms with Crippen molar-refractivity contribution in [1.29, 1.82) is 0 Å². The highest BCUT2D eigenvalue weighted by Crippen LogP contribution is 2.23. The Morgan fingerprint density at radius 2 is 1.33 bits per heavy atom. The van der Waals surface area contributed by atoms with Crippen LogP contribution in [0.5, 0.6) is 0 Å². The van der Waals surface area contributed by atoms with Gasteiger partial charge in [-0.05, 0) is 17.7 Å². The number of nitrogens with one attached hydrogen (secondary N) is 2. The molecule has 1 aromatic heterocycles. The van der Waals surface area contributed by atoms with Crippen molar-refractivity contribution in [1.82, 2.24) is 0 Å². The van der Waals surface area contributed by atoms with Crippen LogP contribution in [0.15, 0.2) is 96.4 Å². The lowest BCUT2D eigenvalue weighted by Gasteiger charge is -2.08. The quantitative estimate of drug-likeness (QED) is 0.452. The summed E-state index contributed by atoms with van der Waals surface area (Å²) in [4.78, 5) is 0. The zero-order chi connectivity index (χ0) is 17.6. The molecule has 0 saturated carbocycles. The van der Waals surface area contributed by atoms with Gasteiger partial charge < -0.3 is 17.0 Å². The molecule has 2 N–H and O–H groups in total. The van der Waals surface area contributed by atoms with Crippen LogP contribution in [0.3, 0.4) is 0 Å². The molecular weight excluding hydrogens is 418 g/mol. The summed E-state index contributed by atoms with van der Waals surface area (Å²) in [7, 11) is 0. The number of thiazole rings is 1. The van der Waals surface area contributed by atoms with Crippen LogP contribution >= 0.6 is 11.3 Å². The molecule has 0 aliphatic heterocycles. The number of benzene rings is 3. The van der Waals surface area contributed by atoms with Crippen molar-refractivity contribution in [2.75, 3.05) is 10.7 Å². The second kappa shape index (κ2) is 9.35. The summed E-state index contributed by atoms with van der Waals surface area (Å²) in [6.07, 6.45) is 0. The van der Waals surface area contributed by atoms with Crippen molar-refractivity contribution in [2.45, 2.75) is 6.54 Å². The summed E-state index contributed by atoms with van der Waals surface area (Å²) < 4.78 is 2.12. The summed E-state index contributed by atoms with van der Waals surface area (Å²) in [5.41, 5.74) is 8.14. The summed E-state index contributed by atoms with van der Waals surface area (Å²) in [6, 6.07) is 31.1. The van der Waals surface area contributed by atoms with E-state index in [0.29, 0.717) is 0 Å². The van der Waals surface area contributed by atoms with E-state index in [4.69, 9.17) is 0 Å². The first-order valence-corrected chi connectivity index (χ1v) is 9.47. The third-order valence-electron chi connectivity index (χ3n) is 4.10. The van der Waals surface area contributed by atoms with Gasteiger partial charge in [0, 0.05) is 10.9 Å². The highest BCUT2D eigenvalue weighted by molar-refractivity contribution is 7.13. The van der Waals surface area contributed by atoms with Crippen molar-refractivity contribution in [3.63, 3.8) is 0 Å². The Morgan fingerprint density at radius 1 is 0.741 bits per heavy atom. The van der Waals surface area contributed by atoms with Crippen molar-refractivity contribution >= 4 is 22.2 Å². The Bertz CT molecular complexity index is 957. The van der Waals surface area contributed by atoms with E-state index in [2.05, 4.69) is 81.5 Å². The van der Waals surface area contributed by atoms with Gasteiger partial charge in [0.05, 0.1) is 5.69 Å². The fourth-order valence-electron chi connectivity index (χ4n) is 2.78. The molecular formula is C22H20BrN3S. The van der Waals surface area contributed by atoms with Gasteiger partial charge in [-0.25, -0.2) is 5.43 Å². The lowest BCUT2D eigenvalue weighted by atomic mass is 10.2. The van der Waals surface area contributed by atoms with Crippen LogP contribution < -0.4 is 32.4 Å². The minimum Gasteiger partial charge on any atom is -1.00 e. The van der Waals surface area contributed by atoms with Gasteiger partial charge in [0.25, 0.3) is 0 Å². The molecule has 136 valence electrons. The SMILES string of the molecule is [Br-].c1ccc(CNc2scc(-c3ccccc3)[n+]2Nc2ccccc2)cc1. The monoisotopic (exact) mass is 437 g/mol. The largest absolute Gasteiger partial charge is 1.00 e. The second-order valence-electron chi connectivity index (χ2n) is 5.94. The van der Waals surface area contributed by atoms with Gasteiger partial charge in [0.1, 0.15) is 6.54 Å². The average Bonchev–Trinajstić information content (AvgIpc) is 3.11. The first-order valence-electron chi connectivity index (χ1n) is 8.59. The molecule has 0 saturated heterocycles. The summed E-state index contributed by atoms with van der Waals surface area (Å²) in [6.45, 7) is 0.784. The van der Waals surface area contributed by atoms with E-state index in [-0.39, 0.29) is 17.0 Å². The number of rotatable bonds is 6. The Hall–Kier alpha value is -2.63. The van der Waals surface area contributed by atoms with Crippen LogP contribution in [-0.4, -0.2) is 0 Å². The molecule has 0 atom stereocenters.